The van der Waals surface area contributed by atoms with Gasteiger partial charge in [-0.15, -0.1) is 0 Å². The second-order valence-electron chi connectivity index (χ2n) is 2.60. The largest absolute Gasteiger partial charge is 0.508 e. The molecule has 0 aliphatic heterocycles. The van der Waals surface area contributed by atoms with Gasteiger partial charge in [-0.1, -0.05) is 0 Å². The highest BCUT2D eigenvalue weighted by Crippen LogP contribution is 2.33. The molecule has 0 saturated carbocycles. The van der Waals surface area contributed by atoms with Crippen LogP contribution in [0.2, 0.25) is 0 Å². The number of aromatic hydroxyl groups is 2. The van der Waals surface area contributed by atoms with E-state index in [4.69, 9.17) is 10.2 Å². The SMILES string of the molecule is C[SH](C)c1cc(O)cc(O)c1. The van der Waals surface area contributed by atoms with E-state index < -0.39 is 0 Å². The minimum atomic E-state index is -0.248. The van der Waals surface area contributed by atoms with Crippen molar-refractivity contribution in [2.45, 2.75) is 4.90 Å². The van der Waals surface area contributed by atoms with Gasteiger partial charge in [0.2, 0.25) is 0 Å². The predicted molar refractivity (Wildman–Crippen MR) is 48.9 cm³/mol. The molecule has 0 aliphatic carbocycles. The van der Waals surface area contributed by atoms with Crippen molar-refractivity contribution >= 4 is 10.9 Å². The molecule has 2 N–H and O–H groups in total. The van der Waals surface area contributed by atoms with Crippen molar-refractivity contribution in [3.8, 4) is 11.5 Å². The molecule has 1 aromatic carbocycles. The molecule has 0 spiro atoms. The van der Waals surface area contributed by atoms with E-state index in [1.165, 1.54) is 6.07 Å². The lowest BCUT2D eigenvalue weighted by atomic mass is 10.3. The first-order chi connectivity index (χ1) is 5.09. The van der Waals surface area contributed by atoms with Crippen molar-refractivity contribution < 1.29 is 10.2 Å². The number of thiol groups is 1. The molecule has 0 atom stereocenters. The van der Waals surface area contributed by atoms with Gasteiger partial charge in [-0.3, -0.25) is 0 Å². The van der Waals surface area contributed by atoms with Crippen molar-refractivity contribution in [3.05, 3.63) is 18.2 Å². The fraction of sp³-hybridized carbons (Fsp3) is 0.250. The second-order valence-corrected chi connectivity index (χ2v) is 4.91. The molecule has 0 aromatic heterocycles. The van der Waals surface area contributed by atoms with Crippen LogP contribution in [0, 0.1) is 0 Å². The molecule has 11 heavy (non-hydrogen) atoms. The van der Waals surface area contributed by atoms with E-state index in [1.54, 1.807) is 12.1 Å². The van der Waals surface area contributed by atoms with Crippen molar-refractivity contribution in [1.29, 1.82) is 0 Å². The summed E-state index contributed by atoms with van der Waals surface area (Å²) in [6, 6.07) is 4.71. The van der Waals surface area contributed by atoms with E-state index in [0.29, 0.717) is 0 Å². The van der Waals surface area contributed by atoms with E-state index in [0.717, 1.165) is 4.90 Å². The van der Waals surface area contributed by atoms with Crippen LogP contribution < -0.4 is 0 Å². The third kappa shape index (κ3) is 2.05. The number of rotatable bonds is 1. The number of phenolic OH excluding ortho intramolecular Hbond substituents is 2. The summed E-state index contributed by atoms with van der Waals surface area (Å²) < 4.78 is 0. The first-order valence-corrected chi connectivity index (χ1v) is 5.53. The van der Waals surface area contributed by atoms with Crippen molar-refractivity contribution in [3.63, 3.8) is 0 Å². The zero-order chi connectivity index (χ0) is 8.43. The molecule has 62 valence electrons. The molecule has 1 rings (SSSR count). The lowest BCUT2D eigenvalue weighted by Crippen LogP contribution is -1.77. The Morgan fingerprint density at radius 3 is 1.82 bits per heavy atom. The zero-order valence-corrected chi connectivity index (χ0v) is 7.47. The number of hydrogen-bond acceptors (Lipinski definition) is 2. The normalized spacial score (nSPS) is 11.3. The van der Waals surface area contributed by atoms with Gasteiger partial charge in [-0.2, -0.15) is 0 Å². The van der Waals surface area contributed by atoms with Gasteiger partial charge in [0.1, 0.15) is 11.5 Å². The summed E-state index contributed by atoms with van der Waals surface area (Å²) in [4.78, 5) is 1.01. The van der Waals surface area contributed by atoms with Crippen molar-refractivity contribution in [1.82, 2.24) is 0 Å². The fourth-order valence-electron chi connectivity index (χ4n) is 0.838. The Hall–Kier alpha value is -0.830. The van der Waals surface area contributed by atoms with E-state index >= 15 is 0 Å². The van der Waals surface area contributed by atoms with Crippen molar-refractivity contribution in [2.75, 3.05) is 12.5 Å². The van der Waals surface area contributed by atoms with Gasteiger partial charge in [0.05, 0.1) is 0 Å². The number of phenols is 2. The van der Waals surface area contributed by atoms with Crippen LogP contribution in [0.15, 0.2) is 23.1 Å². The van der Waals surface area contributed by atoms with Crippen LogP contribution in [-0.2, 0) is 0 Å². The van der Waals surface area contributed by atoms with E-state index in [9.17, 15) is 0 Å². The molecule has 1 aromatic rings. The number of benzene rings is 1. The molecule has 0 amide bonds. The van der Waals surface area contributed by atoms with Crippen LogP contribution in [0.1, 0.15) is 0 Å². The molecule has 2 nitrogen and oxygen atoms in total. The maximum Gasteiger partial charge on any atom is 0.120 e. The molecule has 0 bridgehead atoms. The summed E-state index contributed by atoms with van der Waals surface area (Å²) in [5.41, 5.74) is 0. The average Bonchev–Trinajstić information content (AvgIpc) is 1.85. The maximum atomic E-state index is 9.09. The average molecular weight is 172 g/mol. The smallest absolute Gasteiger partial charge is 0.120 e. The van der Waals surface area contributed by atoms with Crippen LogP contribution in [0.4, 0.5) is 0 Å². The molecule has 0 aliphatic rings. The van der Waals surface area contributed by atoms with E-state index in [1.807, 2.05) is 0 Å². The quantitative estimate of drug-likeness (QED) is 0.564. The minimum Gasteiger partial charge on any atom is -0.508 e. The van der Waals surface area contributed by atoms with Gasteiger partial charge in [0, 0.05) is 6.07 Å². The lowest BCUT2D eigenvalue weighted by molar-refractivity contribution is 0.448. The summed E-state index contributed by atoms with van der Waals surface area (Å²) in [5.74, 6) is 0.271. The van der Waals surface area contributed by atoms with Crippen LogP contribution in [0.25, 0.3) is 0 Å². The molecule has 3 heteroatoms. The van der Waals surface area contributed by atoms with Crippen LogP contribution in [0.5, 0.6) is 11.5 Å². The molecular weight excluding hydrogens is 160 g/mol. The van der Waals surface area contributed by atoms with Gasteiger partial charge in [-0.05, 0) is 29.5 Å². The second kappa shape index (κ2) is 3.05. The van der Waals surface area contributed by atoms with Gasteiger partial charge < -0.3 is 10.2 Å². The Morgan fingerprint density at radius 1 is 1.00 bits per heavy atom. The van der Waals surface area contributed by atoms with E-state index in [2.05, 4.69) is 12.5 Å². The van der Waals surface area contributed by atoms with Gasteiger partial charge in [0.15, 0.2) is 0 Å². The summed E-state index contributed by atoms with van der Waals surface area (Å²) >= 11 is 0. The van der Waals surface area contributed by atoms with Crippen LogP contribution in [0.3, 0.4) is 0 Å². The van der Waals surface area contributed by atoms with Gasteiger partial charge in [-0.25, -0.2) is 10.9 Å². The molecule has 0 radical (unpaired) electrons. The summed E-state index contributed by atoms with van der Waals surface area (Å²) in [5, 5.41) is 18.2. The third-order valence-corrected chi connectivity index (χ3v) is 2.69. The number of hydrogen-bond donors (Lipinski definition) is 3. The highest BCUT2D eigenvalue weighted by atomic mass is 32.2. The zero-order valence-electron chi connectivity index (χ0n) is 6.57. The first-order valence-electron chi connectivity index (χ1n) is 3.30. The molecule has 0 unspecified atom stereocenters. The Bertz CT molecular complexity index is 238. The maximum absolute atomic E-state index is 9.09. The molecule has 0 saturated heterocycles. The standard InChI is InChI=1S/C8H12O2S/c1-11(2)8-4-6(9)3-7(10)5-8/h3-5,9-11H,1-2H3. The monoisotopic (exact) mass is 172 g/mol. The topological polar surface area (TPSA) is 40.5 Å². The summed E-state index contributed by atoms with van der Waals surface area (Å²) in [6.07, 6.45) is 4.15. The summed E-state index contributed by atoms with van der Waals surface area (Å²) in [7, 11) is -0.248. The first kappa shape index (κ1) is 8.27. The van der Waals surface area contributed by atoms with E-state index in [-0.39, 0.29) is 22.4 Å². The highest BCUT2D eigenvalue weighted by Gasteiger charge is 1.99. The predicted octanol–water partition coefficient (Wildman–Crippen LogP) is 1.72. The Kier molecular flexibility index (Phi) is 2.29. The highest BCUT2D eigenvalue weighted by molar-refractivity contribution is 8.15. The van der Waals surface area contributed by atoms with Crippen molar-refractivity contribution in [2.24, 2.45) is 0 Å². The molecule has 0 fully saturated rings. The summed E-state index contributed by atoms with van der Waals surface area (Å²) in [6.45, 7) is 0. The molecular formula is C8H12O2S. The molecule has 0 heterocycles. The lowest BCUT2D eigenvalue weighted by Gasteiger charge is -2.09. The minimum absolute atomic E-state index is 0.135. The van der Waals surface area contributed by atoms with Crippen LogP contribution in [-0.4, -0.2) is 22.7 Å². The Labute approximate surface area is 68.8 Å². The van der Waals surface area contributed by atoms with Gasteiger partial charge in [0.25, 0.3) is 0 Å². The Morgan fingerprint density at radius 2 is 1.45 bits per heavy atom. The Balaban J connectivity index is 3.08. The fourth-order valence-corrected chi connectivity index (χ4v) is 1.62. The van der Waals surface area contributed by atoms with Crippen LogP contribution >= 0.6 is 10.9 Å². The third-order valence-electron chi connectivity index (χ3n) is 1.40. The van der Waals surface area contributed by atoms with Gasteiger partial charge >= 0.3 is 0 Å².